The first-order chi connectivity index (χ1) is 14.3. The highest BCUT2D eigenvalue weighted by molar-refractivity contribution is 7.98. The Bertz CT molecular complexity index is 1070. The second-order valence-electron chi connectivity index (χ2n) is 6.29. The second-order valence-corrected chi connectivity index (χ2v) is 8.02. The minimum atomic E-state index is -0.116. The topological polar surface area (TPSA) is 54.0 Å². The lowest BCUT2D eigenvalue weighted by atomic mass is 10.2. The number of hydrogen-bond donors (Lipinski definition) is 2. The Kier molecular flexibility index (Phi) is 6.24. The van der Waals surface area contributed by atoms with Gasteiger partial charge in [-0.05, 0) is 48.5 Å². The van der Waals surface area contributed by atoms with E-state index in [2.05, 4.69) is 15.6 Å². The number of nitrogens with zero attached hydrogens (tertiary/aromatic N) is 1. The Labute approximate surface area is 178 Å². The van der Waals surface area contributed by atoms with Gasteiger partial charge in [-0.25, -0.2) is 4.98 Å². The smallest absolute Gasteiger partial charge is 0.256 e. The molecule has 1 aromatic heterocycles. The third-order valence-electron chi connectivity index (χ3n) is 4.20. The molecule has 4 aromatic rings. The molecule has 1 heterocycles. The lowest BCUT2D eigenvalue weighted by Crippen LogP contribution is -2.13. The van der Waals surface area contributed by atoms with Crippen LogP contribution in [0.5, 0.6) is 0 Å². The van der Waals surface area contributed by atoms with Gasteiger partial charge in [0.2, 0.25) is 0 Å². The Morgan fingerprint density at radius 3 is 2.31 bits per heavy atom. The summed E-state index contributed by atoms with van der Waals surface area (Å²) in [6, 6.07) is 25.3. The molecule has 144 valence electrons. The van der Waals surface area contributed by atoms with Crippen LogP contribution in [0.4, 0.5) is 17.1 Å². The summed E-state index contributed by atoms with van der Waals surface area (Å²) < 4.78 is 0. The number of carbonyl (C=O) groups excluding carboxylic acids is 1. The predicted octanol–water partition coefficient (Wildman–Crippen LogP) is 6.43. The van der Waals surface area contributed by atoms with Crippen LogP contribution in [0.3, 0.4) is 0 Å². The van der Waals surface area contributed by atoms with E-state index in [1.54, 1.807) is 23.1 Å². The van der Waals surface area contributed by atoms with Crippen LogP contribution in [0.1, 0.15) is 16.1 Å². The van der Waals surface area contributed by atoms with Gasteiger partial charge in [0.1, 0.15) is 0 Å². The molecule has 4 rings (SSSR count). The molecule has 0 spiro atoms. The van der Waals surface area contributed by atoms with Crippen LogP contribution in [0, 0.1) is 0 Å². The highest BCUT2D eigenvalue weighted by Gasteiger charge is 2.12. The normalized spacial score (nSPS) is 10.5. The van der Waals surface area contributed by atoms with Gasteiger partial charge in [0.05, 0.1) is 16.8 Å². The van der Waals surface area contributed by atoms with Gasteiger partial charge >= 0.3 is 0 Å². The van der Waals surface area contributed by atoms with E-state index >= 15 is 0 Å². The van der Waals surface area contributed by atoms with Gasteiger partial charge in [-0.15, -0.1) is 23.1 Å². The highest BCUT2D eigenvalue weighted by Crippen LogP contribution is 2.27. The number of rotatable bonds is 7. The van der Waals surface area contributed by atoms with Crippen molar-refractivity contribution in [2.24, 2.45) is 0 Å². The van der Waals surface area contributed by atoms with Gasteiger partial charge in [-0.1, -0.05) is 30.3 Å². The molecule has 4 nitrogen and oxygen atoms in total. The van der Waals surface area contributed by atoms with Crippen molar-refractivity contribution in [2.45, 2.75) is 10.6 Å². The maximum Gasteiger partial charge on any atom is 0.256 e. The molecule has 0 atom stereocenters. The molecule has 1 amide bonds. The van der Waals surface area contributed by atoms with Crippen LogP contribution in [0.25, 0.3) is 0 Å². The number of aromatic nitrogens is 1. The lowest BCUT2D eigenvalue weighted by molar-refractivity contribution is 0.102. The second kappa shape index (κ2) is 9.41. The standard InChI is InChI=1S/C23H19N3OS2/c27-23(21-8-4-5-9-22(21)29-15-20-14-28-16-24-20)26-19-12-10-18(11-13-19)25-17-6-2-1-3-7-17/h1-14,16,25H,15H2,(H,26,27). The molecule has 0 radical (unpaired) electrons. The molecule has 29 heavy (non-hydrogen) atoms. The summed E-state index contributed by atoms with van der Waals surface area (Å²) in [6.07, 6.45) is 0. The fraction of sp³-hybridized carbons (Fsp3) is 0.0435. The van der Waals surface area contributed by atoms with E-state index in [1.807, 2.05) is 89.8 Å². The van der Waals surface area contributed by atoms with E-state index in [0.717, 1.165) is 33.4 Å². The fourth-order valence-corrected chi connectivity index (χ4v) is 4.38. The first-order valence-corrected chi connectivity index (χ1v) is 11.0. The summed E-state index contributed by atoms with van der Waals surface area (Å²) in [5, 5.41) is 8.35. The van der Waals surface area contributed by atoms with E-state index in [0.29, 0.717) is 5.56 Å². The Morgan fingerprint density at radius 2 is 1.55 bits per heavy atom. The zero-order valence-corrected chi connectivity index (χ0v) is 17.2. The number of nitrogens with one attached hydrogen (secondary N) is 2. The van der Waals surface area contributed by atoms with Crippen LogP contribution >= 0.6 is 23.1 Å². The number of anilines is 3. The summed E-state index contributed by atoms with van der Waals surface area (Å²) in [7, 11) is 0. The number of hydrogen-bond acceptors (Lipinski definition) is 5. The molecular weight excluding hydrogens is 398 g/mol. The van der Waals surface area contributed by atoms with Crippen molar-refractivity contribution in [3.63, 3.8) is 0 Å². The van der Waals surface area contributed by atoms with Crippen molar-refractivity contribution in [3.05, 3.63) is 101 Å². The number of amides is 1. The molecule has 0 unspecified atom stereocenters. The minimum absolute atomic E-state index is 0.116. The van der Waals surface area contributed by atoms with E-state index < -0.39 is 0 Å². The molecular formula is C23H19N3OS2. The van der Waals surface area contributed by atoms with Crippen LogP contribution in [-0.2, 0) is 5.75 Å². The van der Waals surface area contributed by atoms with Gasteiger partial charge < -0.3 is 10.6 Å². The van der Waals surface area contributed by atoms with Crippen LogP contribution in [-0.4, -0.2) is 10.9 Å². The maximum atomic E-state index is 12.8. The van der Waals surface area contributed by atoms with Crippen molar-refractivity contribution < 1.29 is 4.79 Å². The SMILES string of the molecule is O=C(Nc1ccc(Nc2ccccc2)cc1)c1ccccc1SCc1cscn1. The summed E-state index contributed by atoms with van der Waals surface area (Å²) in [5.74, 6) is 0.628. The third-order valence-corrected chi connectivity index (χ3v) is 5.94. The average Bonchev–Trinajstić information content (AvgIpc) is 3.28. The van der Waals surface area contributed by atoms with Gasteiger partial charge in [-0.2, -0.15) is 0 Å². The summed E-state index contributed by atoms with van der Waals surface area (Å²) in [6.45, 7) is 0. The van der Waals surface area contributed by atoms with Crippen LogP contribution < -0.4 is 10.6 Å². The third kappa shape index (κ3) is 5.25. The Balaban J connectivity index is 1.41. The number of thiazole rings is 1. The van der Waals surface area contributed by atoms with Crippen LogP contribution in [0.15, 0.2) is 94.6 Å². The molecule has 6 heteroatoms. The molecule has 0 aliphatic carbocycles. The van der Waals surface area contributed by atoms with Gasteiger partial charge in [0, 0.05) is 33.1 Å². The van der Waals surface area contributed by atoms with Gasteiger partial charge in [0.25, 0.3) is 5.91 Å². The molecule has 2 N–H and O–H groups in total. The molecule has 0 aliphatic heterocycles. The summed E-state index contributed by atoms with van der Waals surface area (Å²) in [4.78, 5) is 18.1. The summed E-state index contributed by atoms with van der Waals surface area (Å²) in [5.41, 5.74) is 6.26. The average molecular weight is 418 g/mol. The van der Waals surface area contributed by atoms with E-state index in [1.165, 1.54) is 0 Å². The van der Waals surface area contributed by atoms with Gasteiger partial charge in [-0.3, -0.25) is 4.79 Å². The van der Waals surface area contributed by atoms with Crippen molar-refractivity contribution in [2.75, 3.05) is 10.6 Å². The van der Waals surface area contributed by atoms with Crippen molar-refractivity contribution >= 4 is 46.1 Å². The predicted molar refractivity (Wildman–Crippen MR) is 122 cm³/mol. The maximum absolute atomic E-state index is 12.8. The van der Waals surface area contributed by atoms with Crippen molar-refractivity contribution in [1.82, 2.24) is 4.98 Å². The monoisotopic (exact) mass is 417 g/mol. The van der Waals surface area contributed by atoms with E-state index in [-0.39, 0.29) is 5.91 Å². The summed E-state index contributed by atoms with van der Waals surface area (Å²) >= 11 is 3.20. The van der Waals surface area contributed by atoms with E-state index in [4.69, 9.17) is 0 Å². The molecule has 0 fully saturated rings. The number of carbonyl (C=O) groups is 1. The highest BCUT2D eigenvalue weighted by atomic mass is 32.2. The van der Waals surface area contributed by atoms with Crippen LogP contribution in [0.2, 0.25) is 0 Å². The number of benzene rings is 3. The quantitative estimate of drug-likeness (QED) is 0.340. The van der Waals surface area contributed by atoms with Crippen molar-refractivity contribution in [1.29, 1.82) is 0 Å². The Hall–Kier alpha value is -3.09. The fourth-order valence-electron chi connectivity index (χ4n) is 2.76. The lowest BCUT2D eigenvalue weighted by Gasteiger charge is -2.11. The Morgan fingerprint density at radius 1 is 0.862 bits per heavy atom. The number of thioether (sulfide) groups is 1. The van der Waals surface area contributed by atoms with Gasteiger partial charge in [0.15, 0.2) is 0 Å². The first-order valence-electron chi connectivity index (χ1n) is 9.10. The number of para-hydroxylation sites is 1. The first kappa shape index (κ1) is 19.2. The molecule has 3 aromatic carbocycles. The minimum Gasteiger partial charge on any atom is -0.356 e. The van der Waals surface area contributed by atoms with Crippen molar-refractivity contribution in [3.8, 4) is 0 Å². The molecule has 0 saturated heterocycles. The zero-order chi connectivity index (χ0) is 19.9. The molecule has 0 bridgehead atoms. The molecule has 0 saturated carbocycles. The molecule has 0 aliphatic rings. The zero-order valence-electron chi connectivity index (χ0n) is 15.5. The van der Waals surface area contributed by atoms with E-state index in [9.17, 15) is 4.79 Å². The largest absolute Gasteiger partial charge is 0.356 e.